The number of nitriles is 1. The summed E-state index contributed by atoms with van der Waals surface area (Å²) in [6, 6.07) is 7.54. The number of hydrogen-bond acceptors (Lipinski definition) is 3. The molecule has 0 radical (unpaired) electrons. The summed E-state index contributed by atoms with van der Waals surface area (Å²) in [5.74, 6) is 0.765. The summed E-state index contributed by atoms with van der Waals surface area (Å²) in [5.41, 5.74) is 6.56. The molecular formula is C12H13BrN2O. The highest BCUT2D eigenvalue weighted by molar-refractivity contribution is 9.10. The Kier molecular flexibility index (Phi) is 3.47. The molecular weight excluding hydrogens is 268 g/mol. The van der Waals surface area contributed by atoms with E-state index in [0.717, 1.165) is 29.5 Å². The van der Waals surface area contributed by atoms with Gasteiger partial charge in [0.05, 0.1) is 16.1 Å². The van der Waals surface area contributed by atoms with Crippen molar-refractivity contribution in [3.8, 4) is 11.8 Å². The van der Waals surface area contributed by atoms with Crippen LogP contribution in [0.15, 0.2) is 22.7 Å². The zero-order valence-corrected chi connectivity index (χ0v) is 10.4. The molecule has 1 aliphatic carbocycles. The summed E-state index contributed by atoms with van der Waals surface area (Å²) in [6.45, 7) is 0. The van der Waals surface area contributed by atoms with Crippen molar-refractivity contribution in [3.63, 3.8) is 0 Å². The Morgan fingerprint density at radius 3 is 2.81 bits per heavy atom. The summed E-state index contributed by atoms with van der Waals surface area (Å²) < 4.78 is 6.65. The zero-order chi connectivity index (χ0) is 11.5. The number of halogens is 1. The molecule has 0 saturated heterocycles. The molecule has 0 spiro atoms. The van der Waals surface area contributed by atoms with E-state index in [4.69, 9.17) is 15.7 Å². The van der Waals surface area contributed by atoms with Crippen molar-refractivity contribution in [2.75, 3.05) is 0 Å². The van der Waals surface area contributed by atoms with E-state index in [1.165, 1.54) is 0 Å². The van der Waals surface area contributed by atoms with E-state index in [1.54, 1.807) is 12.1 Å². The van der Waals surface area contributed by atoms with E-state index < -0.39 is 0 Å². The van der Waals surface area contributed by atoms with Crippen molar-refractivity contribution >= 4 is 15.9 Å². The van der Waals surface area contributed by atoms with Gasteiger partial charge in [0, 0.05) is 6.04 Å². The van der Waals surface area contributed by atoms with E-state index >= 15 is 0 Å². The molecule has 1 saturated carbocycles. The summed E-state index contributed by atoms with van der Waals surface area (Å²) in [7, 11) is 0. The van der Waals surface area contributed by atoms with Crippen LogP contribution in [-0.4, -0.2) is 12.1 Å². The molecule has 1 aliphatic rings. The third-order valence-corrected chi connectivity index (χ3v) is 3.46. The van der Waals surface area contributed by atoms with Gasteiger partial charge >= 0.3 is 0 Å². The number of benzene rings is 1. The summed E-state index contributed by atoms with van der Waals surface area (Å²) in [4.78, 5) is 0. The lowest BCUT2D eigenvalue weighted by Crippen LogP contribution is -2.33. The second kappa shape index (κ2) is 4.86. The fourth-order valence-corrected chi connectivity index (χ4v) is 2.40. The van der Waals surface area contributed by atoms with Crippen LogP contribution >= 0.6 is 15.9 Å². The minimum atomic E-state index is 0.101. The maximum atomic E-state index is 8.75. The molecule has 2 unspecified atom stereocenters. The fourth-order valence-electron chi connectivity index (χ4n) is 1.93. The Morgan fingerprint density at radius 1 is 1.44 bits per heavy atom. The smallest absolute Gasteiger partial charge is 0.134 e. The lowest BCUT2D eigenvalue weighted by molar-refractivity contribution is 0.190. The molecule has 84 valence electrons. The maximum Gasteiger partial charge on any atom is 0.134 e. The maximum absolute atomic E-state index is 8.75. The number of hydrogen-bond donors (Lipinski definition) is 1. The summed E-state index contributed by atoms with van der Waals surface area (Å²) in [5, 5.41) is 8.75. The van der Waals surface area contributed by atoms with E-state index in [1.807, 2.05) is 6.07 Å². The molecule has 0 amide bonds. The first-order chi connectivity index (χ1) is 7.70. The molecule has 1 fully saturated rings. The molecule has 2 N–H and O–H groups in total. The van der Waals surface area contributed by atoms with Crippen LogP contribution in [0.2, 0.25) is 0 Å². The van der Waals surface area contributed by atoms with Gasteiger partial charge in [-0.25, -0.2) is 0 Å². The Bertz CT molecular complexity index is 428. The van der Waals surface area contributed by atoms with Gasteiger partial charge in [0.2, 0.25) is 0 Å². The van der Waals surface area contributed by atoms with Gasteiger partial charge in [0.1, 0.15) is 11.9 Å². The number of ether oxygens (including phenoxy) is 1. The number of rotatable bonds is 2. The molecule has 0 heterocycles. The molecule has 2 rings (SSSR count). The molecule has 3 nitrogen and oxygen atoms in total. The quantitative estimate of drug-likeness (QED) is 0.906. The summed E-state index contributed by atoms with van der Waals surface area (Å²) in [6.07, 6.45) is 3.26. The highest BCUT2D eigenvalue weighted by atomic mass is 79.9. The van der Waals surface area contributed by atoms with Crippen LogP contribution in [0, 0.1) is 11.3 Å². The van der Waals surface area contributed by atoms with E-state index in [0.29, 0.717) is 5.56 Å². The van der Waals surface area contributed by atoms with E-state index in [9.17, 15) is 0 Å². The predicted octanol–water partition coefficient (Wildman–Crippen LogP) is 2.58. The zero-order valence-electron chi connectivity index (χ0n) is 8.82. The van der Waals surface area contributed by atoms with Gasteiger partial charge in [-0.3, -0.25) is 0 Å². The predicted molar refractivity (Wildman–Crippen MR) is 65.1 cm³/mol. The molecule has 4 heteroatoms. The van der Waals surface area contributed by atoms with Gasteiger partial charge in [0.15, 0.2) is 0 Å². The molecule has 0 aliphatic heterocycles. The highest BCUT2D eigenvalue weighted by Crippen LogP contribution is 2.30. The normalized spacial score (nSPS) is 24.1. The molecule has 1 aromatic carbocycles. The van der Waals surface area contributed by atoms with Crippen molar-refractivity contribution < 1.29 is 4.74 Å². The van der Waals surface area contributed by atoms with Crippen molar-refractivity contribution in [1.29, 1.82) is 5.26 Å². The van der Waals surface area contributed by atoms with Gasteiger partial charge in [-0.1, -0.05) is 0 Å². The van der Waals surface area contributed by atoms with Crippen LogP contribution in [-0.2, 0) is 0 Å². The van der Waals surface area contributed by atoms with Crippen molar-refractivity contribution in [1.82, 2.24) is 0 Å². The van der Waals surface area contributed by atoms with Gasteiger partial charge in [0.25, 0.3) is 0 Å². The first-order valence-electron chi connectivity index (χ1n) is 5.32. The first kappa shape index (κ1) is 11.4. The molecule has 0 bridgehead atoms. The second-order valence-electron chi connectivity index (χ2n) is 4.01. The average molecular weight is 281 g/mol. The SMILES string of the molecule is N#Cc1ccc(OC2CCCC2N)c(Br)c1. The van der Waals surface area contributed by atoms with Crippen LogP contribution in [0.3, 0.4) is 0 Å². The lowest BCUT2D eigenvalue weighted by Gasteiger charge is -2.18. The van der Waals surface area contributed by atoms with Crippen LogP contribution < -0.4 is 10.5 Å². The van der Waals surface area contributed by atoms with Crippen molar-refractivity contribution in [3.05, 3.63) is 28.2 Å². The first-order valence-corrected chi connectivity index (χ1v) is 6.12. The lowest BCUT2D eigenvalue weighted by atomic mass is 10.2. The minimum Gasteiger partial charge on any atom is -0.488 e. The Morgan fingerprint density at radius 2 is 2.25 bits per heavy atom. The van der Waals surface area contributed by atoms with Crippen molar-refractivity contribution in [2.45, 2.75) is 31.4 Å². The molecule has 2 atom stereocenters. The third-order valence-electron chi connectivity index (χ3n) is 2.84. The van der Waals surface area contributed by atoms with Crippen molar-refractivity contribution in [2.24, 2.45) is 5.73 Å². The Labute approximate surface area is 103 Å². The topological polar surface area (TPSA) is 59.0 Å². The second-order valence-corrected chi connectivity index (χ2v) is 4.86. The summed E-state index contributed by atoms with van der Waals surface area (Å²) >= 11 is 3.40. The van der Waals surface area contributed by atoms with Gasteiger partial charge in [-0.15, -0.1) is 0 Å². The van der Waals surface area contributed by atoms with Crippen LogP contribution in [0.25, 0.3) is 0 Å². The van der Waals surface area contributed by atoms with Crippen LogP contribution in [0.5, 0.6) is 5.75 Å². The highest BCUT2D eigenvalue weighted by Gasteiger charge is 2.26. The molecule has 16 heavy (non-hydrogen) atoms. The van der Waals surface area contributed by atoms with Crippen LogP contribution in [0.4, 0.5) is 0 Å². The average Bonchev–Trinajstić information content (AvgIpc) is 2.67. The Balaban J connectivity index is 2.13. The third kappa shape index (κ3) is 2.37. The van der Waals surface area contributed by atoms with Gasteiger partial charge in [-0.05, 0) is 53.4 Å². The standard InChI is InChI=1S/C12H13BrN2O/c13-9-6-8(7-14)4-5-11(9)16-12-3-1-2-10(12)15/h4-6,10,12H,1-3,15H2. The molecule has 0 aromatic heterocycles. The number of nitrogens with two attached hydrogens (primary N) is 1. The molecule has 1 aromatic rings. The fraction of sp³-hybridized carbons (Fsp3) is 0.417. The van der Waals surface area contributed by atoms with E-state index in [2.05, 4.69) is 22.0 Å². The Hall–Kier alpha value is -1.05. The number of nitrogens with zero attached hydrogens (tertiary/aromatic N) is 1. The van der Waals surface area contributed by atoms with Crippen LogP contribution in [0.1, 0.15) is 24.8 Å². The van der Waals surface area contributed by atoms with E-state index in [-0.39, 0.29) is 12.1 Å². The van der Waals surface area contributed by atoms with Gasteiger partial charge in [-0.2, -0.15) is 5.26 Å². The van der Waals surface area contributed by atoms with Gasteiger partial charge < -0.3 is 10.5 Å². The monoisotopic (exact) mass is 280 g/mol. The minimum absolute atomic E-state index is 0.101. The largest absolute Gasteiger partial charge is 0.488 e.